The Balaban J connectivity index is 1.79. The summed E-state index contributed by atoms with van der Waals surface area (Å²) in [7, 11) is -3.51. The van der Waals surface area contributed by atoms with Crippen LogP contribution >= 0.6 is 22.9 Å². The molecule has 0 fully saturated rings. The van der Waals surface area contributed by atoms with Gasteiger partial charge in [0, 0.05) is 23.0 Å². The molecule has 2 heterocycles. The summed E-state index contributed by atoms with van der Waals surface area (Å²) < 4.78 is 31.9. The van der Waals surface area contributed by atoms with E-state index in [0.717, 1.165) is 12.0 Å². The van der Waals surface area contributed by atoms with Crippen LogP contribution in [0.2, 0.25) is 5.02 Å². The van der Waals surface area contributed by atoms with Gasteiger partial charge in [-0.15, -0.1) is 17.9 Å². The van der Waals surface area contributed by atoms with E-state index in [4.69, 9.17) is 16.3 Å². The molecule has 0 N–H and O–H groups in total. The van der Waals surface area contributed by atoms with Crippen molar-refractivity contribution in [2.24, 2.45) is 0 Å². The van der Waals surface area contributed by atoms with Crippen molar-refractivity contribution in [3.63, 3.8) is 0 Å². The van der Waals surface area contributed by atoms with Crippen LogP contribution in [-0.4, -0.2) is 55.5 Å². The Morgan fingerprint density at radius 2 is 2.10 bits per heavy atom. The lowest BCUT2D eigenvalue weighted by atomic mass is 10.0. The maximum atomic E-state index is 13.2. The Bertz CT molecular complexity index is 989. The Morgan fingerprint density at radius 1 is 1.37 bits per heavy atom. The second kappa shape index (κ2) is 9.96. The van der Waals surface area contributed by atoms with Crippen molar-refractivity contribution in [3.8, 4) is 5.75 Å². The standard InChI is InChI=1S/C21H25ClN2O4S2/c1-3-11-23(30(26,27)4-2)14-21(25)24-12-9-20-18(10-13-29-20)19(24)15-28-17-7-5-16(22)6-8-17/h3,5-8,10,13,19H,1,4,9,11-12,14-15H2,2H3. The molecule has 6 nitrogen and oxygen atoms in total. The van der Waals surface area contributed by atoms with E-state index in [-0.39, 0.29) is 37.4 Å². The van der Waals surface area contributed by atoms with Gasteiger partial charge in [-0.25, -0.2) is 8.42 Å². The van der Waals surface area contributed by atoms with Gasteiger partial charge >= 0.3 is 0 Å². The highest BCUT2D eigenvalue weighted by molar-refractivity contribution is 7.89. The third-order valence-electron chi connectivity index (χ3n) is 5.04. The topological polar surface area (TPSA) is 66.9 Å². The number of rotatable bonds is 9. The van der Waals surface area contributed by atoms with Gasteiger partial charge in [0.1, 0.15) is 12.4 Å². The summed E-state index contributed by atoms with van der Waals surface area (Å²) in [5.74, 6) is 0.359. The number of halogens is 1. The van der Waals surface area contributed by atoms with Crippen LogP contribution in [0.5, 0.6) is 5.75 Å². The largest absolute Gasteiger partial charge is 0.491 e. The number of nitrogens with zero attached hydrogens (tertiary/aromatic N) is 2. The van der Waals surface area contributed by atoms with E-state index in [2.05, 4.69) is 6.58 Å². The van der Waals surface area contributed by atoms with E-state index in [0.29, 0.717) is 17.3 Å². The molecule has 1 aliphatic rings. The number of thiophene rings is 1. The van der Waals surface area contributed by atoms with Crippen LogP contribution in [0.25, 0.3) is 0 Å². The first-order valence-electron chi connectivity index (χ1n) is 9.68. The maximum absolute atomic E-state index is 13.2. The lowest BCUT2D eigenvalue weighted by Gasteiger charge is -2.36. The molecular weight excluding hydrogens is 444 g/mol. The summed E-state index contributed by atoms with van der Waals surface area (Å²) in [5.41, 5.74) is 1.06. The molecule has 30 heavy (non-hydrogen) atoms. The number of hydrogen-bond acceptors (Lipinski definition) is 5. The van der Waals surface area contributed by atoms with Crippen LogP contribution in [0, 0.1) is 0 Å². The second-order valence-electron chi connectivity index (χ2n) is 6.90. The fourth-order valence-corrected chi connectivity index (χ4v) is 5.48. The first-order valence-corrected chi connectivity index (χ1v) is 12.5. The monoisotopic (exact) mass is 468 g/mol. The number of hydrogen-bond donors (Lipinski definition) is 0. The fourth-order valence-electron chi connectivity index (χ4n) is 3.43. The molecule has 0 bridgehead atoms. The number of carbonyl (C=O) groups is 1. The number of sulfonamides is 1. The highest BCUT2D eigenvalue weighted by Gasteiger charge is 2.34. The lowest BCUT2D eigenvalue weighted by Crippen LogP contribution is -2.48. The normalized spacial score (nSPS) is 16.4. The molecule has 1 amide bonds. The maximum Gasteiger partial charge on any atom is 0.238 e. The number of carbonyl (C=O) groups excluding carboxylic acids is 1. The minimum atomic E-state index is -3.51. The van der Waals surface area contributed by atoms with Crippen LogP contribution < -0.4 is 4.74 Å². The molecule has 162 valence electrons. The average molecular weight is 469 g/mol. The Hall–Kier alpha value is -1.87. The van der Waals surface area contributed by atoms with Gasteiger partial charge in [-0.2, -0.15) is 4.31 Å². The third-order valence-corrected chi connectivity index (χ3v) is 8.08. The van der Waals surface area contributed by atoms with Gasteiger partial charge < -0.3 is 9.64 Å². The van der Waals surface area contributed by atoms with Gasteiger partial charge in [0.2, 0.25) is 15.9 Å². The van der Waals surface area contributed by atoms with Crippen LogP contribution in [0.15, 0.2) is 48.4 Å². The number of benzene rings is 1. The summed E-state index contributed by atoms with van der Waals surface area (Å²) >= 11 is 7.60. The number of amides is 1. The third kappa shape index (κ3) is 5.24. The van der Waals surface area contributed by atoms with Crippen molar-refractivity contribution < 1.29 is 17.9 Å². The number of ether oxygens (including phenoxy) is 1. The summed E-state index contributed by atoms with van der Waals surface area (Å²) in [6.45, 7) is 5.88. The first kappa shape index (κ1) is 22.8. The van der Waals surface area contributed by atoms with E-state index >= 15 is 0 Å². The zero-order valence-electron chi connectivity index (χ0n) is 16.8. The van der Waals surface area contributed by atoms with Crippen LogP contribution in [0.1, 0.15) is 23.4 Å². The predicted octanol–water partition coefficient (Wildman–Crippen LogP) is 3.74. The highest BCUT2D eigenvalue weighted by atomic mass is 35.5. The first-order chi connectivity index (χ1) is 14.4. The lowest BCUT2D eigenvalue weighted by molar-refractivity contribution is -0.135. The zero-order valence-corrected chi connectivity index (χ0v) is 19.2. The van der Waals surface area contributed by atoms with Crippen LogP contribution in [0.4, 0.5) is 0 Å². The smallest absolute Gasteiger partial charge is 0.238 e. The summed E-state index contributed by atoms with van der Waals surface area (Å²) in [4.78, 5) is 16.1. The van der Waals surface area contributed by atoms with E-state index in [1.807, 2.05) is 11.4 Å². The van der Waals surface area contributed by atoms with Crippen molar-refractivity contribution >= 4 is 38.9 Å². The molecular formula is C21H25ClN2O4S2. The second-order valence-corrected chi connectivity index (χ2v) is 10.6. The average Bonchev–Trinajstić information content (AvgIpc) is 3.21. The van der Waals surface area contributed by atoms with E-state index in [1.54, 1.807) is 47.4 Å². The molecule has 0 saturated carbocycles. The summed E-state index contributed by atoms with van der Waals surface area (Å²) in [6.07, 6.45) is 2.24. The predicted molar refractivity (Wildman–Crippen MR) is 121 cm³/mol. The molecule has 2 aromatic rings. The molecule has 1 atom stereocenters. The minimum Gasteiger partial charge on any atom is -0.491 e. The minimum absolute atomic E-state index is 0.0636. The number of fused-ring (bicyclic) bond motifs is 1. The van der Waals surface area contributed by atoms with Gasteiger partial charge in [0.25, 0.3) is 0 Å². The highest BCUT2D eigenvalue weighted by Crippen LogP contribution is 2.34. The van der Waals surface area contributed by atoms with E-state index in [1.165, 1.54) is 15.3 Å². The van der Waals surface area contributed by atoms with Gasteiger partial charge in [-0.05, 0) is 54.6 Å². The molecule has 0 spiro atoms. The zero-order chi connectivity index (χ0) is 21.7. The van der Waals surface area contributed by atoms with Gasteiger partial charge in [0.15, 0.2) is 0 Å². The van der Waals surface area contributed by atoms with Crippen molar-refractivity contribution in [3.05, 3.63) is 63.8 Å². The van der Waals surface area contributed by atoms with Gasteiger partial charge in [0.05, 0.1) is 18.3 Å². The SMILES string of the molecule is C=CCN(CC(=O)N1CCc2sccc2C1COc1ccc(Cl)cc1)S(=O)(=O)CC. The Labute approximate surface area is 186 Å². The van der Waals surface area contributed by atoms with Gasteiger partial charge in [-0.3, -0.25) is 4.79 Å². The van der Waals surface area contributed by atoms with Crippen molar-refractivity contribution in [1.29, 1.82) is 0 Å². The van der Waals surface area contributed by atoms with Gasteiger partial charge in [-0.1, -0.05) is 17.7 Å². The van der Waals surface area contributed by atoms with E-state index in [9.17, 15) is 13.2 Å². The van der Waals surface area contributed by atoms with E-state index < -0.39 is 10.0 Å². The summed E-state index contributed by atoms with van der Waals surface area (Å²) in [6, 6.07) is 8.80. The van der Waals surface area contributed by atoms with Crippen LogP contribution in [-0.2, 0) is 21.2 Å². The Morgan fingerprint density at radius 3 is 2.77 bits per heavy atom. The molecule has 1 aromatic heterocycles. The van der Waals surface area contributed by atoms with Crippen molar-refractivity contribution in [2.75, 3.05) is 32.0 Å². The van der Waals surface area contributed by atoms with Crippen molar-refractivity contribution in [1.82, 2.24) is 9.21 Å². The van der Waals surface area contributed by atoms with Crippen LogP contribution in [0.3, 0.4) is 0 Å². The fraction of sp³-hybridized carbons (Fsp3) is 0.381. The molecule has 3 rings (SSSR count). The molecule has 0 radical (unpaired) electrons. The van der Waals surface area contributed by atoms with Crippen molar-refractivity contribution in [2.45, 2.75) is 19.4 Å². The quantitative estimate of drug-likeness (QED) is 0.526. The Kier molecular flexibility index (Phi) is 7.57. The molecule has 1 unspecified atom stereocenters. The molecule has 0 saturated heterocycles. The molecule has 0 aliphatic carbocycles. The summed E-state index contributed by atoms with van der Waals surface area (Å²) in [5, 5.41) is 2.64. The molecule has 9 heteroatoms. The molecule has 1 aromatic carbocycles. The molecule has 1 aliphatic heterocycles.